The van der Waals surface area contributed by atoms with Crippen molar-refractivity contribution in [2.24, 2.45) is 5.73 Å². The molecule has 3 N–H and O–H groups in total. The molecule has 1 aliphatic rings. The summed E-state index contributed by atoms with van der Waals surface area (Å²) in [6.07, 6.45) is 0. The third-order valence-corrected chi connectivity index (χ3v) is 3.15. The second kappa shape index (κ2) is 5.29. The van der Waals surface area contributed by atoms with Crippen LogP contribution in [0.2, 0.25) is 0 Å². The molecule has 0 radical (unpaired) electrons. The van der Waals surface area contributed by atoms with Gasteiger partial charge >= 0.3 is 0 Å². The van der Waals surface area contributed by atoms with Gasteiger partial charge in [-0.2, -0.15) is 0 Å². The smallest absolute Gasteiger partial charge is 0.254 e. The molecule has 1 atom stereocenters. The molecule has 1 aliphatic heterocycles. The molecule has 0 saturated carbocycles. The molecule has 4 nitrogen and oxygen atoms in total. The van der Waals surface area contributed by atoms with Crippen molar-refractivity contribution < 1.29 is 4.79 Å². The molecule has 2 rings (SSSR count). The minimum Gasteiger partial charge on any atom is -0.332 e. The number of nitrogens with one attached hydrogen (secondary N) is 1. The predicted octanol–water partition coefficient (Wildman–Crippen LogP) is 0.368. The molecule has 1 heterocycles. The number of piperazine rings is 1. The van der Waals surface area contributed by atoms with E-state index in [2.05, 4.69) is 5.32 Å². The van der Waals surface area contributed by atoms with Gasteiger partial charge in [-0.15, -0.1) is 0 Å². The molecule has 1 fully saturated rings. The van der Waals surface area contributed by atoms with E-state index in [-0.39, 0.29) is 11.9 Å². The Kier molecular flexibility index (Phi) is 3.76. The highest BCUT2D eigenvalue weighted by Crippen LogP contribution is 2.11. The van der Waals surface area contributed by atoms with E-state index < -0.39 is 0 Å². The minimum atomic E-state index is 0.0886. The number of amides is 1. The van der Waals surface area contributed by atoms with E-state index >= 15 is 0 Å². The first kappa shape index (κ1) is 12.1. The minimum absolute atomic E-state index is 0.0886. The van der Waals surface area contributed by atoms with Crippen LogP contribution < -0.4 is 11.1 Å². The summed E-state index contributed by atoms with van der Waals surface area (Å²) in [7, 11) is 0. The van der Waals surface area contributed by atoms with Gasteiger partial charge in [0.15, 0.2) is 0 Å². The summed E-state index contributed by atoms with van der Waals surface area (Å²) < 4.78 is 0. The van der Waals surface area contributed by atoms with Gasteiger partial charge in [-0.25, -0.2) is 0 Å². The van der Waals surface area contributed by atoms with Crippen LogP contribution in [-0.2, 0) is 0 Å². The second-order valence-corrected chi connectivity index (χ2v) is 4.46. The van der Waals surface area contributed by atoms with E-state index in [1.54, 1.807) is 0 Å². The van der Waals surface area contributed by atoms with Gasteiger partial charge in [-0.3, -0.25) is 4.79 Å². The van der Waals surface area contributed by atoms with Gasteiger partial charge in [0, 0.05) is 31.7 Å². The van der Waals surface area contributed by atoms with Gasteiger partial charge in [-0.1, -0.05) is 17.7 Å². The Hall–Kier alpha value is -1.39. The van der Waals surface area contributed by atoms with E-state index in [0.29, 0.717) is 6.54 Å². The maximum atomic E-state index is 12.4. The van der Waals surface area contributed by atoms with Gasteiger partial charge < -0.3 is 16.0 Å². The van der Waals surface area contributed by atoms with Crippen LogP contribution in [0.5, 0.6) is 0 Å². The summed E-state index contributed by atoms with van der Waals surface area (Å²) in [4.78, 5) is 14.2. The van der Waals surface area contributed by atoms with Crippen LogP contribution in [0, 0.1) is 6.92 Å². The first-order valence-electron chi connectivity index (χ1n) is 6.01. The van der Waals surface area contributed by atoms with Crippen LogP contribution >= 0.6 is 0 Å². The van der Waals surface area contributed by atoms with Crippen molar-refractivity contribution in [1.82, 2.24) is 10.2 Å². The normalized spacial score (nSPS) is 20.4. The number of aryl methyl sites for hydroxylation is 1. The lowest BCUT2D eigenvalue weighted by atomic mass is 10.1. The molecule has 17 heavy (non-hydrogen) atoms. The number of hydrogen-bond donors (Lipinski definition) is 2. The molecule has 1 unspecified atom stereocenters. The van der Waals surface area contributed by atoms with Gasteiger partial charge in [-0.05, 0) is 19.1 Å². The van der Waals surface area contributed by atoms with Crippen molar-refractivity contribution in [2.45, 2.75) is 13.0 Å². The lowest BCUT2D eigenvalue weighted by Crippen LogP contribution is -2.56. The number of nitrogens with zero attached hydrogens (tertiary/aromatic N) is 1. The van der Waals surface area contributed by atoms with Gasteiger partial charge in [0.25, 0.3) is 5.91 Å². The first-order valence-corrected chi connectivity index (χ1v) is 6.01. The Balaban J connectivity index is 2.18. The number of hydrogen-bond acceptors (Lipinski definition) is 3. The number of nitrogens with two attached hydrogens (primary N) is 1. The molecule has 1 aromatic carbocycles. The van der Waals surface area contributed by atoms with Crippen LogP contribution in [0.3, 0.4) is 0 Å². The molecule has 1 aromatic rings. The van der Waals surface area contributed by atoms with E-state index in [1.165, 1.54) is 0 Å². The lowest BCUT2D eigenvalue weighted by Gasteiger charge is -2.35. The van der Waals surface area contributed by atoms with Crippen molar-refractivity contribution in [2.75, 3.05) is 26.2 Å². The monoisotopic (exact) mass is 233 g/mol. The van der Waals surface area contributed by atoms with E-state index in [9.17, 15) is 4.79 Å². The fourth-order valence-corrected chi connectivity index (χ4v) is 2.18. The molecule has 1 amide bonds. The summed E-state index contributed by atoms with van der Waals surface area (Å²) >= 11 is 0. The molecule has 0 bridgehead atoms. The Bertz CT molecular complexity index is 405. The quantitative estimate of drug-likeness (QED) is 0.776. The summed E-state index contributed by atoms with van der Waals surface area (Å²) in [6, 6.07) is 7.82. The molecule has 1 saturated heterocycles. The number of carbonyl (C=O) groups is 1. The lowest BCUT2D eigenvalue weighted by molar-refractivity contribution is 0.0644. The van der Waals surface area contributed by atoms with Crippen molar-refractivity contribution in [1.29, 1.82) is 0 Å². The highest BCUT2D eigenvalue weighted by Gasteiger charge is 2.26. The highest BCUT2D eigenvalue weighted by atomic mass is 16.2. The molecule has 0 aliphatic carbocycles. The van der Waals surface area contributed by atoms with Crippen molar-refractivity contribution >= 4 is 5.91 Å². The molecule has 0 spiro atoms. The Labute approximate surface area is 102 Å². The average molecular weight is 233 g/mol. The fourth-order valence-electron chi connectivity index (χ4n) is 2.18. The van der Waals surface area contributed by atoms with E-state index in [0.717, 1.165) is 30.8 Å². The third-order valence-electron chi connectivity index (χ3n) is 3.15. The maximum Gasteiger partial charge on any atom is 0.254 e. The van der Waals surface area contributed by atoms with Crippen LogP contribution in [-0.4, -0.2) is 43.0 Å². The van der Waals surface area contributed by atoms with E-state index in [4.69, 9.17) is 5.73 Å². The largest absolute Gasteiger partial charge is 0.332 e. The molecule has 92 valence electrons. The highest BCUT2D eigenvalue weighted by molar-refractivity contribution is 5.94. The summed E-state index contributed by atoms with van der Waals surface area (Å²) in [6.45, 7) is 4.86. The standard InChI is InChI=1S/C13H19N3O/c1-10-3-2-4-11(7-10)13(17)16-6-5-15-9-12(16)8-14/h2-4,7,12,15H,5-6,8-9,14H2,1H3. The zero-order chi connectivity index (χ0) is 12.3. The summed E-state index contributed by atoms with van der Waals surface area (Å²) in [5.41, 5.74) is 7.57. The Morgan fingerprint density at radius 1 is 1.59 bits per heavy atom. The van der Waals surface area contributed by atoms with Crippen molar-refractivity contribution in [3.8, 4) is 0 Å². The first-order chi connectivity index (χ1) is 8.22. The number of carbonyl (C=O) groups excluding carboxylic acids is 1. The van der Waals surface area contributed by atoms with Crippen LogP contribution in [0.4, 0.5) is 0 Å². The SMILES string of the molecule is Cc1cccc(C(=O)N2CCNCC2CN)c1. The van der Waals surface area contributed by atoms with Crippen molar-refractivity contribution in [3.63, 3.8) is 0 Å². The van der Waals surface area contributed by atoms with Gasteiger partial charge in [0.1, 0.15) is 0 Å². The maximum absolute atomic E-state index is 12.4. The van der Waals surface area contributed by atoms with Gasteiger partial charge in [0.05, 0.1) is 6.04 Å². The Morgan fingerprint density at radius 3 is 3.12 bits per heavy atom. The third kappa shape index (κ3) is 2.65. The topological polar surface area (TPSA) is 58.4 Å². The summed E-state index contributed by atoms with van der Waals surface area (Å²) in [5.74, 6) is 0.0886. The van der Waals surface area contributed by atoms with Crippen LogP contribution in [0.1, 0.15) is 15.9 Å². The zero-order valence-electron chi connectivity index (χ0n) is 10.1. The van der Waals surface area contributed by atoms with Crippen LogP contribution in [0.25, 0.3) is 0 Å². The molecule has 0 aromatic heterocycles. The molecular weight excluding hydrogens is 214 g/mol. The van der Waals surface area contributed by atoms with Gasteiger partial charge in [0.2, 0.25) is 0 Å². The van der Waals surface area contributed by atoms with Crippen molar-refractivity contribution in [3.05, 3.63) is 35.4 Å². The Morgan fingerprint density at radius 2 is 2.41 bits per heavy atom. The number of benzene rings is 1. The number of rotatable bonds is 2. The molecule has 4 heteroatoms. The zero-order valence-corrected chi connectivity index (χ0v) is 10.1. The molecular formula is C13H19N3O. The average Bonchev–Trinajstić information content (AvgIpc) is 2.38. The van der Waals surface area contributed by atoms with Crippen LogP contribution in [0.15, 0.2) is 24.3 Å². The van der Waals surface area contributed by atoms with E-state index in [1.807, 2.05) is 36.1 Å². The second-order valence-electron chi connectivity index (χ2n) is 4.46. The fraction of sp³-hybridized carbons (Fsp3) is 0.462. The predicted molar refractivity (Wildman–Crippen MR) is 67.9 cm³/mol. The summed E-state index contributed by atoms with van der Waals surface area (Å²) in [5, 5.41) is 3.26.